The molecule has 2 heterocycles. The number of phenolic OH excluding ortho intramolecular Hbond substituents is 1. The molecule has 100 valence electrons. The van der Waals surface area contributed by atoms with Gasteiger partial charge in [-0.3, -0.25) is 9.88 Å². The summed E-state index contributed by atoms with van der Waals surface area (Å²) in [5.41, 5.74) is 7.70. The second kappa shape index (κ2) is 5.15. The Hall–Kier alpha value is -1.65. The average molecular weight is 257 g/mol. The molecule has 3 rings (SSSR count). The number of benzene rings is 1. The van der Waals surface area contributed by atoms with Gasteiger partial charge in [-0.15, -0.1) is 0 Å². The molecule has 4 nitrogen and oxygen atoms in total. The van der Waals surface area contributed by atoms with Crippen LogP contribution < -0.4 is 5.73 Å². The molecule has 1 aliphatic heterocycles. The minimum atomic E-state index is -0.244. The van der Waals surface area contributed by atoms with Crippen LogP contribution in [0.15, 0.2) is 30.5 Å². The number of hydrogen-bond donors (Lipinski definition) is 2. The van der Waals surface area contributed by atoms with Crippen molar-refractivity contribution in [2.45, 2.75) is 25.4 Å². The summed E-state index contributed by atoms with van der Waals surface area (Å²) in [6.45, 7) is 2.00. The smallest absolute Gasteiger partial charge is 0.147 e. The van der Waals surface area contributed by atoms with Gasteiger partial charge in [0.2, 0.25) is 0 Å². The number of hydrogen-bond acceptors (Lipinski definition) is 4. The lowest BCUT2D eigenvalue weighted by Gasteiger charge is -2.32. The number of aromatic nitrogens is 1. The third-order valence-corrected chi connectivity index (χ3v) is 3.88. The minimum Gasteiger partial charge on any atom is -0.505 e. The van der Waals surface area contributed by atoms with E-state index in [0.717, 1.165) is 24.0 Å². The van der Waals surface area contributed by atoms with Crippen molar-refractivity contribution in [1.82, 2.24) is 9.88 Å². The molecule has 1 fully saturated rings. The molecule has 0 bridgehead atoms. The van der Waals surface area contributed by atoms with Gasteiger partial charge in [0.15, 0.2) is 0 Å². The van der Waals surface area contributed by atoms with Crippen LogP contribution in [-0.2, 0) is 0 Å². The van der Waals surface area contributed by atoms with Gasteiger partial charge in [-0.2, -0.15) is 0 Å². The summed E-state index contributed by atoms with van der Waals surface area (Å²) < 4.78 is 0. The second-order valence-corrected chi connectivity index (χ2v) is 5.12. The minimum absolute atomic E-state index is 0.219. The summed E-state index contributed by atoms with van der Waals surface area (Å²) in [6, 6.07) is 7.70. The number of likely N-dealkylation sites (tertiary alicyclic amines) is 1. The number of nitrogens with zero attached hydrogens (tertiary/aromatic N) is 2. The van der Waals surface area contributed by atoms with Crippen molar-refractivity contribution >= 4 is 10.9 Å². The molecule has 0 spiro atoms. The van der Waals surface area contributed by atoms with Gasteiger partial charge in [0.25, 0.3) is 0 Å². The van der Waals surface area contributed by atoms with E-state index in [1.165, 1.54) is 19.3 Å². The second-order valence-electron chi connectivity index (χ2n) is 5.12. The van der Waals surface area contributed by atoms with Gasteiger partial charge in [-0.25, -0.2) is 0 Å². The topological polar surface area (TPSA) is 62.4 Å². The maximum absolute atomic E-state index is 10.4. The normalized spacial score (nSPS) is 18.6. The highest BCUT2D eigenvalue weighted by molar-refractivity contribution is 5.85. The molecule has 0 saturated carbocycles. The zero-order chi connectivity index (χ0) is 13.2. The zero-order valence-electron chi connectivity index (χ0n) is 10.9. The van der Waals surface area contributed by atoms with E-state index in [9.17, 15) is 5.11 Å². The van der Waals surface area contributed by atoms with E-state index in [1.807, 2.05) is 24.3 Å². The number of piperidine rings is 1. The largest absolute Gasteiger partial charge is 0.505 e. The quantitative estimate of drug-likeness (QED) is 0.867. The van der Waals surface area contributed by atoms with E-state index in [-0.39, 0.29) is 11.9 Å². The third-order valence-electron chi connectivity index (χ3n) is 3.88. The van der Waals surface area contributed by atoms with Crippen LogP contribution in [0.5, 0.6) is 5.75 Å². The van der Waals surface area contributed by atoms with Gasteiger partial charge in [0.05, 0.1) is 6.17 Å². The van der Waals surface area contributed by atoms with E-state index >= 15 is 0 Å². The maximum Gasteiger partial charge on any atom is 0.147 e. The molecule has 2 aromatic rings. The predicted molar refractivity (Wildman–Crippen MR) is 75.8 cm³/mol. The van der Waals surface area contributed by atoms with Gasteiger partial charge >= 0.3 is 0 Å². The number of phenols is 1. The maximum atomic E-state index is 10.4. The van der Waals surface area contributed by atoms with Crippen LogP contribution in [0.25, 0.3) is 10.9 Å². The van der Waals surface area contributed by atoms with Crippen molar-refractivity contribution in [3.63, 3.8) is 0 Å². The molecule has 0 aliphatic carbocycles. The molecule has 1 aromatic carbocycles. The average Bonchev–Trinajstić information content (AvgIpc) is 2.48. The third kappa shape index (κ3) is 2.29. The van der Waals surface area contributed by atoms with Crippen LogP contribution in [0, 0.1) is 0 Å². The molecular formula is C15H19N3O. The van der Waals surface area contributed by atoms with Crippen molar-refractivity contribution in [2.24, 2.45) is 5.73 Å². The molecule has 0 radical (unpaired) electrons. The van der Waals surface area contributed by atoms with Crippen LogP contribution >= 0.6 is 0 Å². The summed E-state index contributed by atoms with van der Waals surface area (Å²) in [5.74, 6) is 0.219. The fraction of sp³-hybridized carbons (Fsp3) is 0.400. The first kappa shape index (κ1) is 12.4. The zero-order valence-corrected chi connectivity index (χ0v) is 10.9. The fourth-order valence-corrected chi connectivity index (χ4v) is 2.78. The Morgan fingerprint density at radius 2 is 1.95 bits per heavy atom. The van der Waals surface area contributed by atoms with Crippen LogP contribution in [-0.4, -0.2) is 28.1 Å². The lowest BCUT2D eigenvalue weighted by Crippen LogP contribution is -2.38. The Morgan fingerprint density at radius 1 is 1.16 bits per heavy atom. The number of pyridine rings is 1. The van der Waals surface area contributed by atoms with Crippen molar-refractivity contribution in [3.05, 3.63) is 36.0 Å². The first-order valence-corrected chi connectivity index (χ1v) is 6.83. The Morgan fingerprint density at radius 3 is 2.74 bits per heavy atom. The number of rotatable bonds is 2. The molecular weight excluding hydrogens is 238 g/mol. The lowest BCUT2D eigenvalue weighted by molar-refractivity contribution is 0.165. The fourth-order valence-electron chi connectivity index (χ4n) is 2.78. The molecule has 1 aromatic heterocycles. The van der Waals surface area contributed by atoms with Crippen LogP contribution in [0.2, 0.25) is 0 Å². The number of nitrogens with two attached hydrogens (primary N) is 1. The van der Waals surface area contributed by atoms with Crippen molar-refractivity contribution < 1.29 is 5.11 Å². The van der Waals surface area contributed by atoms with Crippen molar-refractivity contribution in [1.29, 1.82) is 0 Å². The van der Waals surface area contributed by atoms with E-state index in [1.54, 1.807) is 6.20 Å². The first-order valence-electron chi connectivity index (χ1n) is 6.83. The van der Waals surface area contributed by atoms with E-state index in [4.69, 9.17) is 5.73 Å². The van der Waals surface area contributed by atoms with Crippen LogP contribution in [0.1, 0.15) is 31.0 Å². The Kier molecular flexibility index (Phi) is 3.36. The molecule has 3 N–H and O–H groups in total. The SMILES string of the molecule is NC(c1ccc2cccnc2c1O)N1CCCCC1. The molecule has 4 heteroatoms. The Labute approximate surface area is 112 Å². The van der Waals surface area contributed by atoms with Gasteiger partial charge in [0.1, 0.15) is 11.3 Å². The number of aromatic hydroxyl groups is 1. The molecule has 19 heavy (non-hydrogen) atoms. The lowest BCUT2D eigenvalue weighted by atomic mass is 10.0. The summed E-state index contributed by atoms with van der Waals surface area (Å²) in [6.07, 6.45) is 5.08. The van der Waals surface area contributed by atoms with Gasteiger partial charge in [0, 0.05) is 17.1 Å². The van der Waals surface area contributed by atoms with Gasteiger partial charge < -0.3 is 10.8 Å². The van der Waals surface area contributed by atoms with Gasteiger partial charge in [-0.1, -0.05) is 24.6 Å². The summed E-state index contributed by atoms with van der Waals surface area (Å²) in [7, 11) is 0. The van der Waals surface area contributed by atoms with E-state index in [2.05, 4.69) is 9.88 Å². The highest BCUT2D eigenvalue weighted by atomic mass is 16.3. The standard InChI is InChI=1S/C15H19N3O/c16-15(18-9-2-1-3-10-18)12-7-6-11-5-4-8-17-13(11)14(12)19/h4-8,15,19H,1-3,9-10,16H2. The Bertz CT molecular complexity index is 579. The summed E-state index contributed by atoms with van der Waals surface area (Å²) >= 11 is 0. The van der Waals surface area contributed by atoms with E-state index in [0.29, 0.717) is 5.52 Å². The van der Waals surface area contributed by atoms with Crippen LogP contribution in [0.4, 0.5) is 0 Å². The van der Waals surface area contributed by atoms with Crippen molar-refractivity contribution in [2.75, 3.05) is 13.1 Å². The highest BCUT2D eigenvalue weighted by Crippen LogP contribution is 2.32. The van der Waals surface area contributed by atoms with Crippen molar-refractivity contribution in [3.8, 4) is 5.75 Å². The molecule has 1 unspecified atom stereocenters. The molecule has 1 aliphatic rings. The monoisotopic (exact) mass is 257 g/mol. The predicted octanol–water partition coefficient (Wildman–Crippen LogP) is 2.38. The van der Waals surface area contributed by atoms with Crippen LogP contribution in [0.3, 0.4) is 0 Å². The summed E-state index contributed by atoms with van der Waals surface area (Å²) in [4.78, 5) is 6.47. The molecule has 0 amide bonds. The van der Waals surface area contributed by atoms with E-state index < -0.39 is 0 Å². The molecule has 1 saturated heterocycles. The first-order chi connectivity index (χ1) is 9.27. The van der Waals surface area contributed by atoms with Gasteiger partial charge in [-0.05, 0) is 32.0 Å². The number of fused-ring (bicyclic) bond motifs is 1. The molecule has 1 atom stereocenters. The summed E-state index contributed by atoms with van der Waals surface area (Å²) in [5, 5.41) is 11.3. The highest BCUT2D eigenvalue weighted by Gasteiger charge is 2.22. The Balaban J connectivity index is 1.97.